The van der Waals surface area contributed by atoms with Crippen molar-refractivity contribution >= 4 is 70.0 Å². The van der Waals surface area contributed by atoms with E-state index in [1.165, 1.54) is 12.2 Å². The van der Waals surface area contributed by atoms with Gasteiger partial charge >= 0.3 is 17.6 Å². The molecule has 5 rings (SSSR count). The molecule has 0 spiro atoms. The Labute approximate surface area is 294 Å². The highest BCUT2D eigenvalue weighted by molar-refractivity contribution is 5.97. The minimum Gasteiger partial charge on any atom is -0.477 e. The van der Waals surface area contributed by atoms with E-state index in [0.717, 1.165) is 35.4 Å². The number of rotatable bonds is 12. The van der Waals surface area contributed by atoms with E-state index in [1.54, 1.807) is 66.7 Å². The summed E-state index contributed by atoms with van der Waals surface area (Å²) < 4.78 is 5.67. The maximum Gasteiger partial charge on any atom is 0.346 e. The minimum absolute atomic E-state index is 0.393. The number of carbonyl (C=O) groups is 2. The third-order valence-corrected chi connectivity index (χ3v) is 8.11. The molecule has 0 saturated carbocycles. The van der Waals surface area contributed by atoms with Crippen molar-refractivity contribution in [3.8, 4) is 12.1 Å². The number of nitrogens with zero attached hydrogens (tertiary/aromatic N) is 4. The number of fused-ring (bicyclic) bond motifs is 1. The monoisotopic (exact) mass is 676 g/mol. The molecule has 2 N–H and O–H groups in total. The number of anilines is 4. The number of benzene rings is 4. The molecule has 0 atom stereocenters. The fraction of sp³-hybridized carbons (Fsp3) is 0.0976. The lowest BCUT2D eigenvalue weighted by Crippen LogP contribution is -2.21. The Morgan fingerprint density at radius 1 is 0.667 bits per heavy atom. The van der Waals surface area contributed by atoms with E-state index in [9.17, 15) is 24.6 Å². The first-order valence-corrected chi connectivity index (χ1v) is 16.0. The summed E-state index contributed by atoms with van der Waals surface area (Å²) in [5.41, 5.74) is 4.78. The van der Waals surface area contributed by atoms with Gasteiger partial charge in [-0.2, -0.15) is 10.5 Å². The fourth-order valence-electron chi connectivity index (χ4n) is 5.44. The molecule has 0 aliphatic heterocycles. The number of hydrogen-bond donors (Lipinski definition) is 2. The van der Waals surface area contributed by atoms with E-state index in [0.29, 0.717) is 33.6 Å². The maximum absolute atomic E-state index is 12.9. The summed E-state index contributed by atoms with van der Waals surface area (Å²) in [5.74, 6) is -2.64. The van der Waals surface area contributed by atoms with E-state index < -0.39 is 28.7 Å². The lowest BCUT2D eigenvalue weighted by atomic mass is 10.1. The number of nitriles is 2. The van der Waals surface area contributed by atoms with E-state index in [4.69, 9.17) is 14.9 Å². The van der Waals surface area contributed by atoms with Crippen LogP contribution in [0.25, 0.3) is 35.3 Å². The molecular weight excluding hydrogens is 644 g/mol. The Kier molecular flexibility index (Phi) is 10.9. The van der Waals surface area contributed by atoms with Crippen molar-refractivity contribution in [2.24, 2.45) is 0 Å². The molecule has 4 aromatic carbocycles. The Balaban J connectivity index is 1.47. The molecule has 0 amide bonds. The molecule has 10 heteroatoms. The van der Waals surface area contributed by atoms with Gasteiger partial charge in [-0.15, -0.1) is 0 Å². The summed E-state index contributed by atoms with van der Waals surface area (Å²) in [5, 5.41) is 37.6. The highest BCUT2D eigenvalue weighted by Crippen LogP contribution is 2.35. The summed E-state index contributed by atoms with van der Waals surface area (Å²) in [7, 11) is 0. The van der Waals surface area contributed by atoms with Gasteiger partial charge in [0.2, 0.25) is 0 Å². The molecule has 1 heterocycles. The van der Waals surface area contributed by atoms with Crippen molar-refractivity contribution in [1.29, 1.82) is 10.5 Å². The first-order valence-electron chi connectivity index (χ1n) is 16.0. The smallest absolute Gasteiger partial charge is 0.346 e. The normalized spacial score (nSPS) is 11.6. The van der Waals surface area contributed by atoms with Gasteiger partial charge in [0.15, 0.2) is 0 Å². The van der Waals surface area contributed by atoms with Crippen LogP contribution < -0.4 is 15.4 Å². The van der Waals surface area contributed by atoms with Crippen molar-refractivity contribution in [2.75, 3.05) is 22.9 Å². The summed E-state index contributed by atoms with van der Waals surface area (Å²) in [6.45, 7) is 5.83. The second-order valence-corrected chi connectivity index (χ2v) is 11.3. The van der Waals surface area contributed by atoms with Crippen LogP contribution in [0.4, 0.5) is 22.7 Å². The fourth-order valence-corrected chi connectivity index (χ4v) is 5.44. The number of hydrogen-bond acceptors (Lipinski definition) is 8. The Morgan fingerprint density at radius 2 is 1.12 bits per heavy atom. The van der Waals surface area contributed by atoms with Gasteiger partial charge in [0.1, 0.15) is 28.9 Å². The van der Waals surface area contributed by atoms with Gasteiger partial charge in [-0.3, -0.25) is 0 Å². The average Bonchev–Trinajstić information content (AvgIpc) is 3.14. The Bertz CT molecular complexity index is 2230. The van der Waals surface area contributed by atoms with Crippen LogP contribution in [0.3, 0.4) is 0 Å². The van der Waals surface area contributed by atoms with Crippen LogP contribution in [-0.2, 0) is 9.59 Å². The summed E-state index contributed by atoms with van der Waals surface area (Å²) >= 11 is 0. The van der Waals surface area contributed by atoms with E-state index >= 15 is 0 Å². The molecule has 0 aliphatic rings. The number of carboxylic acid groups (broad SMARTS) is 2. The van der Waals surface area contributed by atoms with Gasteiger partial charge in [-0.05, 0) is 103 Å². The van der Waals surface area contributed by atoms with Crippen molar-refractivity contribution in [2.45, 2.75) is 13.8 Å². The van der Waals surface area contributed by atoms with Gasteiger partial charge in [0.05, 0.1) is 5.56 Å². The first-order chi connectivity index (χ1) is 24.6. The van der Waals surface area contributed by atoms with Crippen molar-refractivity contribution < 1.29 is 24.2 Å². The molecule has 0 radical (unpaired) electrons. The number of aliphatic carboxylic acids is 2. The molecule has 0 saturated heterocycles. The molecule has 0 aliphatic carbocycles. The zero-order valence-electron chi connectivity index (χ0n) is 27.8. The van der Waals surface area contributed by atoms with E-state index in [2.05, 4.69) is 18.7 Å². The zero-order chi connectivity index (χ0) is 36.5. The highest BCUT2D eigenvalue weighted by atomic mass is 16.4. The van der Waals surface area contributed by atoms with Crippen LogP contribution in [0.1, 0.15) is 36.1 Å². The summed E-state index contributed by atoms with van der Waals surface area (Å²) in [6.07, 6.45) is 6.11. The predicted molar refractivity (Wildman–Crippen MR) is 199 cm³/mol. The summed E-state index contributed by atoms with van der Waals surface area (Å²) in [4.78, 5) is 39.6. The topological polar surface area (TPSA) is 159 Å². The van der Waals surface area contributed by atoms with Gasteiger partial charge in [-0.1, -0.05) is 42.5 Å². The second kappa shape index (κ2) is 15.8. The van der Waals surface area contributed by atoms with Crippen molar-refractivity contribution in [1.82, 2.24) is 0 Å². The van der Waals surface area contributed by atoms with Gasteiger partial charge < -0.3 is 24.4 Å². The lowest BCUT2D eigenvalue weighted by Gasteiger charge is -2.26. The van der Waals surface area contributed by atoms with Crippen LogP contribution in [0.15, 0.2) is 117 Å². The predicted octanol–water partition coefficient (Wildman–Crippen LogP) is 8.26. The molecule has 252 valence electrons. The van der Waals surface area contributed by atoms with Crippen LogP contribution in [-0.4, -0.2) is 35.2 Å². The molecule has 0 bridgehead atoms. The second-order valence-electron chi connectivity index (χ2n) is 11.3. The van der Waals surface area contributed by atoms with Gasteiger partial charge in [0, 0.05) is 47.3 Å². The molecule has 10 nitrogen and oxygen atoms in total. The zero-order valence-corrected chi connectivity index (χ0v) is 27.8. The molecule has 0 unspecified atom stereocenters. The number of carboxylic acids is 2. The molecule has 1 aromatic heterocycles. The quantitative estimate of drug-likeness (QED) is 0.0748. The Morgan fingerprint density at radius 3 is 1.55 bits per heavy atom. The standard InChI is InChI=1S/C41H32N4O6/c1-3-44(4-2)37-20-13-30-23-31(41(50)51-38(30)24-37)12-5-27-6-14-34(15-7-27)45(35-16-8-28(9-17-35)21-32(25-42)39(46)47)36-18-10-29(11-19-36)22-33(26-43)40(48)49/h5-24H,3-4H2,1-2H3,(H,46,47)(H,48,49)/b12-5+,32-21-,33-22+. The van der Waals surface area contributed by atoms with Gasteiger partial charge in [0.25, 0.3) is 0 Å². The Hall–Kier alpha value is -7.17. The first kappa shape index (κ1) is 35.1. The van der Waals surface area contributed by atoms with Crippen LogP contribution >= 0.6 is 0 Å². The van der Waals surface area contributed by atoms with Crippen LogP contribution in [0.5, 0.6) is 0 Å². The van der Waals surface area contributed by atoms with Crippen molar-refractivity contribution in [3.05, 3.63) is 141 Å². The van der Waals surface area contributed by atoms with Crippen LogP contribution in [0, 0.1) is 22.7 Å². The molecule has 0 fully saturated rings. The minimum atomic E-state index is -1.32. The highest BCUT2D eigenvalue weighted by Gasteiger charge is 2.14. The molecule has 51 heavy (non-hydrogen) atoms. The largest absolute Gasteiger partial charge is 0.477 e. The van der Waals surface area contributed by atoms with E-state index in [1.807, 2.05) is 59.5 Å². The molecular formula is C41H32N4O6. The maximum atomic E-state index is 12.9. The summed E-state index contributed by atoms with van der Waals surface area (Å²) in [6, 6.07) is 32.5. The third kappa shape index (κ3) is 8.29. The lowest BCUT2D eigenvalue weighted by molar-refractivity contribution is -0.133. The van der Waals surface area contributed by atoms with Crippen molar-refractivity contribution in [3.63, 3.8) is 0 Å². The van der Waals surface area contributed by atoms with Crippen LogP contribution in [0.2, 0.25) is 0 Å². The van der Waals surface area contributed by atoms with Gasteiger partial charge in [-0.25, -0.2) is 14.4 Å². The SMILES string of the molecule is CCN(CC)c1ccc2cc(/C=C/c3ccc(N(c4ccc(/C=C(/C#N)C(=O)O)cc4)c4ccc(/C=C(\C#N)C(=O)O)cc4)cc3)c(=O)oc2c1. The third-order valence-electron chi connectivity index (χ3n) is 8.11. The van der Waals surface area contributed by atoms with E-state index in [-0.39, 0.29) is 0 Å². The average molecular weight is 677 g/mol. The molecule has 5 aromatic rings.